The zero-order valence-electron chi connectivity index (χ0n) is 5.81. The highest BCUT2D eigenvalue weighted by Gasteiger charge is 1.91. The fraction of sp³-hybridized carbons (Fsp3) is 0.375. The van der Waals surface area contributed by atoms with Crippen LogP contribution >= 0.6 is 0 Å². The number of aryl methyl sites for hydroxylation is 2. The van der Waals surface area contributed by atoms with Gasteiger partial charge in [-0.1, -0.05) is 6.92 Å². The lowest BCUT2D eigenvalue weighted by Gasteiger charge is -1.96. The molecule has 1 heteroatoms. The van der Waals surface area contributed by atoms with Gasteiger partial charge < -0.3 is 0 Å². The van der Waals surface area contributed by atoms with Crippen molar-refractivity contribution in [2.45, 2.75) is 20.3 Å². The van der Waals surface area contributed by atoms with Crippen molar-refractivity contribution in [2.75, 3.05) is 0 Å². The van der Waals surface area contributed by atoms with Gasteiger partial charge in [0.2, 0.25) is 0 Å². The van der Waals surface area contributed by atoms with E-state index < -0.39 is 0 Å². The molecule has 1 heterocycles. The van der Waals surface area contributed by atoms with Crippen LogP contribution in [0.1, 0.15) is 18.2 Å². The molecule has 1 aromatic rings. The topological polar surface area (TPSA) is 12.9 Å². The Morgan fingerprint density at radius 2 is 2.44 bits per heavy atom. The van der Waals surface area contributed by atoms with Crippen molar-refractivity contribution in [3.63, 3.8) is 0 Å². The largest absolute Gasteiger partial charge is 0.261 e. The van der Waals surface area contributed by atoms with E-state index in [0.29, 0.717) is 0 Å². The van der Waals surface area contributed by atoms with E-state index in [0.717, 1.165) is 12.1 Å². The monoisotopic (exact) mass is 120 g/mol. The van der Waals surface area contributed by atoms with Gasteiger partial charge in [-0.2, -0.15) is 0 Å². The summed E-state index contributed by atoms with van der Waals surface area (Å²) in [5, 5.41) is 0. The Kier molecular flexibility index (Phi) is 1.83. The van der Waals surface area contributed by atoms with Crippen LogP contribution in [0.15, 0.2) is 12.3 Å². The molecule has 0 spiro atoms. The zero-order valence-corrected chi connectivity index (χ0v) is 5.81. The van der Waals surface area contributed by atoms with Gasteiger partial charge in [0.25, 0.3) is 0 Å². The minimum Gasteiger partial charge on any atom is -0.261 e. The maximum absolute atomic E-state index is 4.17. The molecular weight excluding hydrogens is 110 g/mol. The van der Waals surface area contributed by atoms with E-state index in [9.17, 15) is 0 Å². The van der Waals surface area contributed by atoms with Crippen molar-refractivity contribution >= 4 is 0 Å². The summed E-state index contributed by atoms with van der Waals surface area (Å²) in [7, 11) is 0. The van der Waals surface area contributed by atoms with Gasteiger partial charge in [0.05, 0.1) is 0 Å². The van der Waals surface area contributed by atoms with Gasteiger partial charge >= 0.3 is 0 Å². The first-order valence-corrected chi connectivity index (χ1v) is 3.16. The van der Waals surface area contributed by atoms with Crippen molar-refractivity contribution in [1.29, 1.82) is 0 Å². The normalized spacial score (nSPS) is 9.56. The van der Waals surface area contributed by atoms with Crippen LogP contribution in [0.3, 0.4) is 0 Å². The molecular formula is C8H10N. The van der Waals surface area contributed by atoms with E-state index in [1.54, 1.807) is 6.20 Å². The number of rotatable bonds is 1. The van der Waals surface area contributed by atoms with Crippen LogP contribution in [0, 0.1) is 13.0 Å². The van der Waals surface area contributed by atoms with E-state index in [1.165, 1.54) is 5.56 Å². The van der Waals surface area contributed by atoms with Crippen molar-refractivity contribution in [3.8, 4) is 0 Å². The van der Waals surface area contributed by atoms with E-state index >= 15 is 0 Å². The highest BCUT2D eigenvalue weighted by Crippen LogP contribution is 2.01. The van der Waals surface area contributed by atoms with Gasteiger partial charge in [-0.25, -0.2) is 0 Å². The predicted octanol–water partition coefficient (Wildman–Crippen LogP) is 1.75. The average molecular weight is 120 g/mol. The molecule has 47 valence electrons. The average Bonchev–Trinajstić information content (AvgIpc) is 1.89. The first-order valence-electron chi connectivity index (χ1n) is 3.16. The molecule has 0 aliphatic rings. The summed E-state index contributed by atoms with van der Waals surface area (Å²) in [6.45, 7) is 4.13. The predicted molar refractivity (Wildman–Crippen MR) is 37.2 cm³/mol. The van der Waals surface area contributed by atoms with E-state index in [4.69, 9.17) is 0 Å². The number of hydrogen-bond acceptors (Lipinski definition) is 1. The van der Waals surface area contributed by atoms with Gasteiger partial charge in [0, 0.05) is 11.9 Å². The number of aromatic nitrogens is 1. The van der Waals surface area contributed by atoms with Gasteiger partial charge in [0.15, 0.2) is 0 Å². The third kappa shape index (κ3) is 1.28. The minimum absolute atomic E-state index is 1.00. The summed E-state index contributed by atoms with van der Waals surface area (Å²) in [4.78, 5) is 4.17. The van der Waals surface area contributed by atoms with E-state index in [-0.39, 0.29) is 0 Å². The summed E-state index contributed by atoms with van der Waals surface area (Å²) in [5.41, 5.74) is 2.32. The standard InChI is InChI=1S/C8H10N/c1-3-8-7(2)5-4-6-9-8/h4,6H,3H2,1-2H3. The minimum atomic E-state index is 1.00. The Balaban J connectivity index is 3.01. The maximum Gasteiger partial charge on any atom is 0.0436 e. The number of nitrogens with zero attached hydrogens (tertiary/aromatic N) is 1. The second-order valence-electron chi connectivity index (χ2n) is 2.01. The Morgan fingerprint density at radius 1 is 1.67 bits per heavy atom. The number of hydrogen-bond donors (Lipinski definition) is 0. The third-order valence-corrected chi connectivity index (χ3v) is 1.37. The fourth-order valence-corrected chi connectivity index (χ4v) is 0.826. The highest BCUT2D eigenvalue weighted by molar-refractivity contribution is 5.15. The molecule has 0 N–H and O–H groups in total. The summed E-state index contributed by atoms with van der Waals surface area (Å²) in [6, 6.07) is 4.93. The molecule has 9 heavy (non-hydrogen) atoms. The molecule has 1 aromatic heterocycles. The smallest absolute Gasteiger partial charge is 0.0436 e. The first-order chi connectivity index (χ1) is 4.34. The van der Waals surface area contributed by atoms with Crippen molar-refractivity contribution in [1.82, 2.24) is 4.98 Å². The Bertz CT molecular complexity index is 194. The molecule has 1 rings (SSSR count). The second kappa shape index (κ2) is 2.62. The van der Waals surface area contributed by atoms with Crippen LogP contribution < -0.4 is 0 Å². The summed E-state index contributed by atoms with van der Waals surface area (Å²) in [5.74, 6) is 0. The molecule has 0 saturated heterocycles. The molecule has 1 nitrogen and oxygen atoms in total. The molecule has 0 amide bonds. The van der Waals surface area contributed by atoms with E-state index in [1.807, 2.05) is 13.0 Å². The zero-order chi connectivity index (χ0) is 6.69. The molecule has 0 aliphatic carbocycles. The molecule has 0 atom stereocenters. The van der Waals surface area contributed by atoms with Gasteiger partial charge in [-0.05, 0) is 31.0 Å². The molecule has 0 saturated carbocycles. The third-order valence-electron chi connectivity index (χ3n) is 1.37. The molecule has 0 aromatic carbocycles. The molecule has 0 fully saturated rings. The van der Waals surface area contributed by atoms with Crippen LogP contribution in [0.2, 0.25) is 0 Å². The van der Waals surface area contributed by atoms with Gasteiger partial charge in [0.1, 0.15) is 0 Å². The van der Waals surface area contributed by atoms with Crippen LogP contribution in [-0.2, 0) is 6.42 Å². The van der Waals surface area contributed by atoms with Crippen molar-refractivity contribution in [2.24, 2.45) is 0 Å². The molecule has 1 radical (unpaired) electrons. The van der Waals surface area contributed by atoms with Gasteiger partial charge in [-0.15, -0.1) is 0 Å². The second-order valence-corrected chi connectivity index (χ2v) is 2.01. The Hall–Kier alpha value is -0.850. The number of pyridine rings is 1. The fourth-order valence-electron chi connectivity index (χ4n) is 0.826. The van der Waals surface area contributed by atoms with Crippen LogP contribution in [-0.4, -0.2) is 4.98 Å². The quantitative estimate of drug-likeness (QED) is 0.550. The lowest BCUT2D eigenvalue weighted by molar-refractivity contribution is 1.01. The highest BCUT2D eigenvalue weighted by atomic mass is 14.7. The lowest BCUT2D eigenvalue weighted by atomic mass is 10.2. The Morgan fingerprint density at radius 3 is 2.89 bits per heavy atom. The maximum atomic E-state index is 4.17. The lowest BCUT2D eigenvalue weighted by Crippen LogP contribution is -1.88. The molecule has 0 bridgehead atoms. The molecule has 0 unspecified atom stereocenters. The van der Waals surface area contributed by atoms with Gasteiger partial charge in [-0.3, -0.25) is 4.98 Å². The van der Waals surface area contributed by atoms with E-state index in [2.05, 4.69) is 18.0 Å². The molecule has 0 aliphatic heterocycles. The van der Waals surface area contributed by atoms with Crippen LogP contribution in [0.5, 0.6) is 0 Å². The Labute approximate surface area is 55.7 Å². The van der Waals surface area contributed by atoms with Crippen molar-refractivity contribution < 1.29 is 0 Å². The SMILES string of the molecule is CCc1ncc[c]c1C. The van der Waals surface area contributed by atoms with Crippen molar-refractivity contribution in [3.05, 3.63) is 29.6 Å². The summed E-state index contributed by atoms with van der Waals surface area (Å²) in [6.07, 6.45) is 2.79. The summed E-state index contributed by atoms with van der Waals surface area (Å²) < 4.78 is 0. The van der Waals surface area contributed by atoms with Crippen LogP contribution in [0.4, 0.5) is 0 Å². The summed E-state index contributed by atoms with van der Waals surface area (Å²) >= 11 is 0. The van der Waals surface area contributed by atoms with Crippen LogP contribution in [0.25, 0.3) is 0 Å². The first kappa shape index (κ1) is 6.27.